The van der Waals surface area contributed by atoms with E-state index in [1.165, 1.54) is 0 Å². The van der Waals surface area contributed by atoms with Gasteiger partial charge in [0.05, 0.1) is 5.02 Å². The number of fused-ring (bicyclic) bond motifs is 3. The third kappa shape index (κ3) is 2.47. The molecule has 0 aliphatic carbocycles. The fourth-order valence-corrected chi connectivity index (χ4v) is 4.61. The van der Waals surface area contributed by atoms with Gasteiger partial charge in [0, 0.05) is 31.3 Å². The molecule has 0 fully saturated rings. The highest BCUT2D eigenvalue weighted by atomic mass is 79.9. The molecule has 114 valence electrons. The molecule has 0 saturated heterocycles. The Hall–Kier alpha value is -1.42. The van der Waals surface area contributed by atoms with Crippen molar-refractivity contribution in [3.8, 4) is 11.1 Å². The summed E-state index contributed by atoms with van der Waals surface area (Å²) in [4.78, 5) is 1.06. The number of para-hydroxylation sites is 2. The van der Waals surface area contributed by atoms with Gasteiger partial charge in [-0.1, -0.05) is 63.9 Å². The lowest BCUT2D eigenvalue weighted by Crippen LogP contribution is -1.85. The quantitative estimate of drug-likeness (QED) is 0.324. The van der Waals surface area contributed by atoms with Crippen molar-refractivity contribution in [2.24, 2.45) is 0 Å². The van der Waals surface area contributed by atoms with Crippen molar-refractivity contribution in [2.75, 3.05) is 6.26 Å². The van der Waals surface area contributed by atoms with Crippen LogP contribution in [0.4, 0.5) is 0 Å². The molecule has 4 aromatic rings. The Morgan fingerprint density at radius 1 is 0.957 bits per heavy atom. The highest BCUT2D eigenvalue weighted by molar-refractivity contribution is 9.10. The molecule has 1 nitrogen and oxygen atoms in total. The van der Waals surface area contributed by atoms with Gasteiger partial charge >= 0.3 is 0 Å². The van der Waals surface area contributed by atoms with Crippen molar-refractivity contribution in [3.63, 3.8) is 0 Å². The van der Waals surface area contributed by atoms with E-state index in [1.807, 2.05) is 30.5 Å². The van der Waals surface area contributed by atoms with Crippen LogP contribution in [0.1, 0.15) is 0 Å². The van der Waals surface area contributed by atoms with E-state index >= 15 is 0 Å². The third-order valence-corrected chi connectivity index (χ3v) is 5.62. The van der Waals surface area contributed by atoms with Gasteiger partial charge in [0.2, 0.25) is 0 Å². The summed E-state index contributed by atoms with van der Waals surface area (Å²) in [7, 11) is 0. The fraction of sp³-hybridized carbons (Fsp3) is 0.0526. The largest absolute Gasteiger partial charge is 0.455 e. The van der Waals surface area contributed by atoms with Gasteiger partial charge in [0.1, 0.15) is 11.2 Å². The monoisotopic (exact) mass is 402 g/mol. The summed E-state index contributed by atoms with van der Waals surface area (Å²) in [5.74, 6) is 0. The number of furan rings is 1. The minimum atomic E-state index is 0.745. The van der Waals surface area contributed by atoms with Gasteiger partial charge in [-0.15, -0.1) is 11.8 Å². The zero-order valence-corrected chi connectivity index (χ0v) is 15.4. The molecule has 0 amide bonds. The van der Waals surface area contributed by atoms with Crippen molar-refractivity contribution in [2.45, 2.75) is 4.90 Å². The van der Waals surface area contributed by atoms with Crippen LogP contribution in [0.2, 0.25) is 5.02 Å². The number of thioether (sulfide) groups is 1. The summed E-state index contributed by atoms with van der Waals surface area (Å²) in [6.45, 7) is 0. The van der Waals surface area contributed by atoms with E-state index in [9.17, 15) is 0 Å². The van der Waals surface area contributed by atoms with Crippen LogP contribution in [-0.4, -0.2) is 6.26 Å². The Labute approximate surface area is 151 Å². The van der Waals surface area contributed by atoms with Crippen molar-refractivity contribution in [3.05, 3.63) is 64.1 Å². The average Bonchev–Trinajstić information content (AvgIpc) is 2.93. The maximum absolute atomic E-state index is 6.43. The number of hydrogen-bond acceptors (Lipinski definition) is 2. The van der Waals surface area contributed by atoms with Gasteiger partial charge in [0.25, 0.3) is 0 Å². The summed E-state index contributed by atoms with van der Waals surface area (Å²) < 4.78 is 7.11. The van der Waals surface area contributed by atoms with Crippen LogP contribution >= 0.6 is 39.3 Å². The Morgan fingerprint density at radius 2 is 1.74 bits per heavy atom. The predicted molar refractivity (Wildman–Crippen MR) is 104 cm³/mol. The maximum Gasteiger partial charge on any atom is 0.143 e. The first-order valence-corrected chi connectivity index (χ1v) is 9.52. The molecule has 3 aromatic carbocycles. The molecule has 23 heavy (non-hydrogen) atoms. The molecule has 0 aliphatic heterocycles. The first-order chi connectivity index (χ1) is 11.2. The van der Waals surface area contributed by atoms with Gasteiger partial charge in [-0.3, -0.25) is 0 Å². The van der Waals surface area contributed by atoms with Crippen LogP contribution in [0.15, 0.2) is 68.4 Å². The second kappa shape index (κ2) is 5.90. The molecule has 0 N–H and O–H groups in total. The first-order valence-electron chi connectivity index (χ1n) is 7.12. The molecule has 4 heteroatoms. The lowest BCUT2D eigenvalue weighted by Gasteiger charge is -2.11. The molecule has 0 bridgehead atoms. The first kappa shape index (κ1) is 15.1. The van der Waals surface area contributed by atoms with E-state index < -0.39 is 0 Å². The van der Waals surface area contributed by atoms with Crippen LogP contribution in [0.3, 0.4) is 0 Å². The molecule has 1 aromatic heterocycles. The normalized spacial score (nSPS) is 11.4. The zero-order chi connectivity index (χ0) is 16.0. The van der Waals surface area contributed by atoms with Crippen LogP contribution in [0.25, 0.3) is 33.1 Å². The minimum Gasteiger partial charge on any atom is -0.455 e. The van der Waals surface area contributed by atoms with Crippen molar-refractivity contribution in [1.82, 2.24) is 0 Å². The molecule has 0 radical (unpaired) electrons. The van der Waals surface area contributed by atoms with Gasteiger partial charge < -0.3 is 4.42 Å². The summed E-state index contributed by atoms with van der Waals surface area (Å²) in [6, 6.07) is 18.4. The van der Waals surface area contributed by atoms with E-state index in [1.54, 1.807) is 11.8 Å². The van der Waals surface area contributed by atoms with E-state index in [2.05, 4.69) is 46.3 Å². The average molecular weight is 404 g/mol. The Kier molecular flexibility index (Phi) is 3.88. The second-order valence-electron chi connectivity index (χ2n) is 5.25. The van der Waals surface area contributed by atoms with Crippen LogP contribution in [0, 0.1) is 0 Å². The lowest BCUT2D eigenvalue weighted by molar-refractivity contribution is 0.670. The third-order valence-electron chi connectivity index (χ3n) is 3.91. The predicted octanol–water partition coefficient (Wildman–Crippen LogP) is 7.39. The van der Waals surface area contributed by atoms with E-state index in [0.717, 1.165) is 47.5 Å². The minimum absolute atomic E-state index is 0.745. The number of rotatable bonds is 2. The molecule has 1 heterocycles. The zero-order valence-electron chi connectivity index (χ0n) is 12.3. The lowest BCUT2D eigenvalue weighted by atomic mass is 10.0. The van der Waals surface area contributed by atoms with Gasteiger partial charge in [0.15, 0.2) is 0 Å². The molecule has 0 spiro atoms. The van der Waals surface area contributed by atoms with Crippen molar-refractivity contribution < 1.29 is 4.42 Å². The second-order valence-corrected chi connectivity index (χ2v) is 7.39. The molecular weight excluding hydrogens is 392 g/mol. The molecule has 0 atom stereocenters. The summed E-state index contributed by atoms with van der Waals surface area (Å²) >= 11 is 11.6. The molecule has 0 saturated carbocycles. The Bertz CT molecular complexity index is 1040. The molecule has 0 aliphatic rings. The van der Waals surface area contributed by atoms with Crippen LogP contribution < -0.4 is 0 Å². The van der Waals surface area contributed by atoms with Crippen molar-refractivity contribution >= 4 is 61.2 Å². The topological polar surface area (TPSA) is 13.1 Å². The summed E-state index contributed by atoms with van der Waals surface area (Å²) in [5, 5.41) is 3.01. The highest BCUT2D eigenvalue weighted by Crippen LogP contribution is 2.42. The smallest absolute Gasteiger partial charge is 0.143 e. The number of benzene rings is 3. The molecular formula is C19H12BrClOS. The van der Waals surface area contributed by atoms with Gasteiger partial charge in [-0.25, -0.2) is 0 Å². The summed E-state index contributed by atoms with van der Waals surface area (Å²) in [5.41, 5.74) is 3.95. The summed E-state index contributed by atoms with van der Waals surface area (Å²) in [6.07, 6.45) is 2.04. The molecule has 4 rings (SSSR count). The number of hydrogen-bond donors (Lipinski definition) is 0. The highest BCUT2D eigenvalue weighted by Gasteiger charge is 2.16. The fourth-order valence-electron chi connectivity index (χ4n) is 2.93. The van der Waals surface area contributed by atoms with Gasteiger partial charge in [-0.05, 0) is 24.5 Å². The standard InChI is InChI=1S/C19H12BrClOS/c1-23-19-15(9-11(20)10-16(19)21)14-7-4-6-13-12-5-2-3-8-17(12)22-18(13)14/h2-10H,1H3. The Balaban J connectivity index is 2.11. The SMILES string of the molecule is CSc1c(Cl)cc(Br)cc1-c1cccc2c1oc1ccccc12. The van der Waals surface area contributed by atoms with Crippen LogP contribution in [0.5, 0.6) is 0 Å². The van der Waals surface area contributed by atoms with E-state index in [-0.39, 0.29) is 0 Å². The maximum atomic E-state index is 6.43. The Morgan fingerprint density at radius 3 is 2.57 bits per heavy atom. The van der Waals surface area contributed by atoms with Gasteiger partial charge in [-0.2, -0.15) is 0 Å². The van der Waals surface area contributed by atoms with E-state index in [0.29, 0.717) is 0 Å². The molecule has 0 unspecified atom stereocenters. The van der Waals surface area contributed by atoms with Crippen molar-refractivity contribution in [1.29, 1.82) is 0 Å². The number of halogens is 2. The van der Waals surface area contributed by atoms with E-state index in [4.69, 9.17) is 16.0 Å². The van der Waals surface area contributed by atoms with Crippen LogP contribution in [-0.2, 0) is 0 Å².